The Balaban J connectivity index is 2.05. The molecule has 2 aromatic rings. The van der Waals surface area contributed by atoms with Crippen LogP contribution in [0.25, 0.3) is 0 Å². The Morgan fingerprint density at radius 2 is 2.00 bits per heavy atom. The molecule has 0 aliphatic carbocycles. The summed E-state index contributed by atoms with van der Waals surface area (Å²) < 4.78 is 1.81. The normalized spacial score (nSPS) is 10.7. The summed E-state index contributed by atoms with van der Waals surface area (Å²) >= 11 is 0. The van der Waals surface area contributed by atoms with Crippen molar-refractivity contribution in [3.8, 4) is 0 Å². The molecule has 2 heterocycles. The molecule has 0 fully saturated rings. The molecule has 0 bridgehead atoms. The van der Waals surface area contributed by atoms with Crippen LogP contribution in [0, 0.1) is 6.92 Å². The predicted molar refractivity (Wildman–Crippen MR) is 84.0 cm³/mol. The molecule has 21 heavy (non-hydrogen) atoms. The van der Waals surface area contributed by atoms with Crippen molar-refractivity contribution in [1.29, 1.82) is 0 Å². The quantitative estimate of drug-likeness (QED) is 0.527. The van der Waals surface area contributed by atoms with E-state index in [-0.39, 0.29) is 0 Å². The van der Waals surface area contributed by atoms with Gasteiger partial charge in [0.15, 0.2) is 0 Å². The van der Waals surface area contributed by atoms with E-state index in [1.165, 1.54) is 0 Å². The lowest BCUT2D eigenvalue weighted by Crippen LogP contribution is -2.16. The molecule has 0 saturated carbocycles. The van der Waals surface area contributed by atoms with Crippen LogP contribution in [0.3, 0.4) is 0 Å². The zero-order chi connectivity index (χ0) is 15.2. The molecule has 0 saturated heterocycles. The third kappa shape index (κ3) is 3.91. The van der Waals surface area contributed by atoms with Crippen molar-refractivity contribution >= 4 is 11.6 Å². The van der Waals surface area contributed by atoms with Gasteiger partial charge in [0, 0.05) is 38.2 Å². The van der Waals surface area contributed by atoms with Gasteiger partial charge in [0.25, 0.3) is 0 Å². The summed E-state index contributed by atoms with van der Waals surface area (Å²) in [6.45, 7) is 4.82. The van der Waals surface area contributed by atoms with E-state index < -0.39 is 0 Å². The molecule has 0 radical (unpaired) electrons. The van der Waals surface area contributed by atoms with Gasteiger partial charge in [-0.25, -0.2) is 15.8 Å². The van der Waals surface area contributed by atoms with Gasteiger partial charge in [0.2, 0.25) is 0 Å². The number of rotatable bonds is 7. The molecule has 0 aliphatic rings. The molecule has 0 atom stereocenters. The molecule has 0 aromatic carbocycles. The summed E-state index contributed by atoms with van der Waals surface area (Å²) in [4.78, 5) is 8.97. The highest BCUT2D eigenvalue weighted by molar-refractivity contribution is 5.56. The van der Waals surface area contributed by atoms with Crippen LogP contribution in [0.1, 0.15) is 30.4 Å². The lowest BCUT2D eigenvalue weighted by molar-refractivity contribution is 0.741. The summed E-state index contributed by atoms with van der Waals surface area (Å²) in [6, 6.07) is 2.02. The van der Waals surface area contributed by atoms with Crippen LogP contribution in [0.2, 0.25) is 0 Å². The fourth-order valence-electron chi connectivity index (χ4n) is 2.12. The predicted octanol–water partition coefficient (Wildman–Crippen LogP) is 1.41. The van der Waals surface area contributed by atoms with Crippen LogP contribution < -0.4 is 16.6 Å². The van der Waals surface area contributed by atoms with Gasteiger partial charge in [0.05, 0.1) is 5.69 Å². The highest BCUT2D eigenvalue weighted by atomic mass is 15.3. The first-order valence-corrected chi connectivity index (χ1v) is 7.20. The van der Waals surface area contributed by atoms with E-state index in [1.54, 1.807) is 4.68 Å². The zero-order valence-electron chi connectivity index (χ0n) is 12.8. The maximum absolute atomic E-state index is 5.53. The first-order chi connectivity index (χ1) is 10.1. The van der Waals surface area contributed by atoms with Gasteiger partial charge < -0.3 is 10.7 Å². The Morgan fingerprint density at radius 1 is 1.24 bits per heavy atom. The molecule has 7 nitrogen and oxygen atoms in total. The highest BCUT2D eigenvalue weighted by Gasteiger charge is 2.09. The number of hydrogen-bond acceptors (Lipinski definition) is 6. The van der Waals surface area contributed by atoms with Crippen LogP contribution in [-0.4, -0.2) is 26.3 Å². The van der Waals surface area contributed by atoms with Crippen molar-refractivity contribution in [2.24, 2.45) is 12.9 Å². The van der Waals surface area contributed by atoms with Crippen molar-refractivity contribution < 1.29 is 0 Å². The molecule has 0 aliphatic heterocycles. The third-order valence-electron chi connectivity index (χ3n) is 3.24. The highest BCUT2D eigenvalue weighted by Crippen LogP contribution is 2.19. The summed E-state index contributed by atoms with van der Waals surface area (Å²) in [7, 11) is 1.92. The van der Waals surface area contributed by atoms with E-state index in [2.05, 4.69) is 32.7 Å². The molecule has 0 amide bonds. The number of nitrogen functional groups attached to an aromatic ring is 1. The van der Waals surface area contributed by atoms with Crippen molar-refractivity contribution in [3.05, 3.63) is 29.3 Å². The Morgan fingerprint density at radius 3 is 2.62 bits per heavy atom. The maximum atomic E-state index is 5.53. The van der Waals surface area contributed by atoms with Gasteiger partial charge in [0.1, 0.15) is 17.5 Å². The van der Waals surface area contributed by atoms with Crippen molar-refractivity contribution in [1.82, 2.24) is 19.7 Å². The average Bonchev–Trinajstić information content (AvgIpc) is 2.88. The zero-order valence-corrected chi connectivity index (χ0v) is 12.8. The topological polar surface area (TPSA) is 93.7 Å². The second-order valence-corrected chi connectivity index (χ2v) is 5.01. The van der Waals surface area contributed by atoms with E-state index in [0.29, 0.717) is 5.82 Å². The summed E-state index contributed by atoms with van der Waals surface area (Å²) in [6.07, 6.45) is 4.63. The Labute approximate surface area is 124 Å². The summed E-state index contributed by atoms with van der Waals surface area (Å²) in [5.41, 5.74) is 4.63. The number of hydrogen-bond donors (Lipinski definition) is 3. The lowest BCUT2D eigenvalue weighted by atomic mass is 10.2. The number of nitrogens with two attached hydrogens (primary N) is 1. The van der Waals surface area contributed by atoms with Gasteiger partial charge >= 0.3 is 0 Å². The molecule has 7 heteroatoms. The monoisotopic (exact) mass is 289 g/mol. The smallest absolute Gasteiger partial charge is 0.148 e. The first kappa shape index (κ1) is 15.2. The molecule has 2 rings (SSSR count). The molecule has 2 aromatic heterocycles. The standard InChI is InChI=1S/C14H23N7/c1-4-5-12-17-13(10(2)14(18-12)19-15)16-8-6-11-7-9-21(3)20-11/h7,9H,4-6,8,15H2,1-3H3,(H2,16,17,18,19). The van der Waals surface area contributed by atoms with E-state index in [4.69, 9.17) is 5.84 Å². The van der Waals surface area contributed by atoms with Gasteiger partial charge in [-0.15, -0.1) is 0 Å². The molecule has 0 spiro atoms. The Bertz CT molecular complexity index is 591. The minimum Gasteiger partial charge on any atom is -0.369 e. The maximum Gasteiger partial charge on any atom is 0.148 e. The molecular weight excluding hydrogens is 266 g/mol. The summed E-state index contributed by atoms with van der Waals surface area (Å²) in [5.74, 6) is 7.83. The molecule has 4 N–H and O–H groups in total. The first-order valence-electron chi connectivity index (χ1n) is 7.20. The summed E-state index contributed by atoms with van der Waals surface area (Å²) in [5, 5.41) is 7.70. The third-order valence-corrected chi connectivity index (χ3v) is 3.24. The number of aromatic nitrogens is 4. The second kappa shape index (κ2) is 7.03. The lowest BCUT2D eigenvalue weighted by Gasteiger charge is -2.13. The van der Waals surface area contributed by atoms with Gasteiger partial charge in [-0.05, 0) is 19.4 Å². The second-order valence-electron chi connectivity index (χ2n) is 5.01. The number of anilines is 2. The number of nitrogens with one attached hydrogen (secondary N) is 2. The van der Waals surface area contributed by atoms with Crippen molar-refractivity contribution in [2.45, 2.75) is 33.1 Å². The van der Waals surface area contributed by atoms with Gasteiger partial charge in [-0.2, -0.15) is 5.10 Å². The Hall–Kier alpha value is -2.15. The van der Waals surface area contributed by atoms with Gasteiger partial charge in [-0.1, -0.05) is 6.92 Å². The van der Waals surface area contributed by atoms with E-state index in [0.717, 1.165) is 48.7 Å². The fourth-order valence-corrected chi connectivity index (χ4v) is 2.12. The van der Waals surface area contributed by atoms with Gasteiger partial charge in [-0.3, -0.25) is 4.68 Å². The SMILES string of the molecule is CCCc1nc(NN)c(C)c(NCCc2ccn(C)n2)n1. The number of aryl methyl sites for hydroxylation is 2. The molecule has 114 valence electrons. The minimum absolute atomic E-state index is 0.675. The fraction of sp³-hybridized carbons (Fsp3) is 0.500. The number of nitrogens with zero attached hydrogens (tertiary/aromatic N) is 4. The minimum atomic E-state index is 0.675. The van der Waals surface area contributed by atoms with Crippen molar-refractivity contribution in [3.63, 3.8) is 0 Å². The van der Waals surface area contributed by atoms with Crippen LogP contribution in [0.15, 0.2) is 12.3 Å². The molecular formula is C14H23N7. The number of hydrazine groups is 1. The van der Waals surface area contributed by atoms with E-state index in [9.17, 15) is 0 Å². The van der Waals surface area contributed by atoms with Crippen LogP contribution in [-0.2, 0) is 19.9 Å². The van der Waals surface area contributed by atoms with Crippen LogP contribution in [0.4, 0.5) is 11.6 Å². The van der Waals surface area contributed by atoms with E-state index in [1.807, 2.05) is 26.2 Å². The van der Waals surface area contributed by atoms with Crippen LogP contribution in [0.5, 0.6) is 0 Å². The Kier molecular flexibility index (Phi) is 5.10. The van der Waals surface area contributed by atoms with E-state index >= 15 is 0 Å². The molecule has 0 unspecified atom stereocenters. The van der Waals surface area contributed by atoms with Crippen molar-refractivity contribution in [2.75, 3.05) is 17.3 Å². The largest absolute Gasteiger partial charge is 0.369 e. The van der Waals surface area contributed by atoms with Crippen LogP contribution >= 0.6 is 0 Å². The average molecular weight is 289 g/mol.